The van der Waals surface area contributed by atoms with Crippen LogP contribution >= 0.6 is 0 Å². The highest BCUT2D eigenvalue weighted by Crippen LogP contribution is 2.35. The molecule has 146 valence electrons. The molecule has 2 aromatic carbocycles. The molecule has 1 aromatic heterocycles. The zero-order valence-electron chi connectivity index (χ0n) is 16.2. The van der Waals surface area contributed by atoms with Crippen molar-refractivity contribution in [1.29, 1.82) is 0 Å². The molecule has 0 amide bonds. The third kappa shape index (κ3) is 4.19. The van der Waals surface area contributed by atoms with Gasteiger partial charge in [0.05, 0.1) is 11.6 Å². The van der Waals surface area contributed by atoms with Crippen LogP contribution in [0.3, 0.4) is 0 Å². The summed E-state index contributed by atoms with van der Waals surface area (Å²) in [6, 6.07) is 12.3. The minimum atomic E-state index is -0.777. The Morgan fingerprint density at radius 1 is 1.18 bits per heavy atom. The van der Waals surface area contributed by atoms with Gasteiger partial charge in [-0.3, -0.25) is 9.48 Å². The Labute approximate surface area is 164 Å². The molecule has 0 saturated heterocycles. The molecular formula is C23H26N2O3. The fraction of sp³-hybridized carbons (Fsp3) is 0.391. The van der Waals surface area contributed by atoms with Gasteiger partial charge in [-0.2, -0.15) is 5.10 Å². The van der Waals surface area contributed by atoms with E-state index >= 15 is 0 Å². The van der Waals surface area contributed by atoms with E-state index in [0.717, 1.165) is 46.2 Å². The molecule has 0 spiro atoms. The Morgan fingerprint density at radius 2 is 2.00 bits per heavy atom. The van der Waals surface area contributed by atoms with Crippen molar-refractivity contribution in [3.63, 3.8) is 0 Å². The van der Waals surface area contributed by atoms with E-state index in [4.69, 9.17) is 9.84 Å². The topological polar surface area (TPSA) is 64.4 Å². The Kier molecular flexibility index (Phi) is 5.33. The summed E-state index contributed by atoms with van der Waals surface area (Å²) in [5.41, 5.74) is 4.07. The van der Waals surface area contributed by atoms with Crippen molar-refractivity contribution in [3.05, 3.63) is 48.2 Å². The molecular weight excluding hydrogens is 352 g/mol. The predicted molar refractivity (Wildman–Crippen MR) is 110 cm³/mol. The number of aliphatic carboxylic acids is 1. The first-order valence-electron chi connectivity index (χ1n) is 10.0. The second-order valence-corrected chi connectivity index (χ2v) is 7.68. The highest BCUT2D eigenvalue weighted by atomic mass is 16.5. The summed E-state index contributed by atoms with van der Waals surface area (Å²) in [5, 5.41) is 14.6. The zero-order chi connectivity index (χ0) is 19.5. The zero-order valence-corrected chi connectivity index (χ0v) is 16.2. The number of hydrogen-bond acceptors (Lipinski definition) is 3. The van der Waals surface area contributed by atoms with Crippen molar-refractivity contribution in [2.45, 2.75) is 51.0 Å². The lowest BCUT2D eigenvalue weighted by molar-refractivity contribution is -0.136. The van der Waals surface area contributed by atoms with E-state index in [1.165, 1.54) is 19.3 Å². The minimum Gasteiger partial charge on any atom is -0.490 e. The maximum atomic E-state index is 11.0. The summed E-state index contributed by atoms with van der Waals surface area (Å²) < 4.78 is 8.22. The largest absolute Gasteiger partial charge is 0.490 e. The molecule has 1 N–H and O–H groups in total. The summed E-state index contributed by atoms with van der Waals surface area (Å²) in [7, 11) is 1.92. The third-order valence-corrected chi connectivity index (χ3v) is 5.45. The molecule has 3 aromatic rings. The van der Waals surface area contributed by atoms with Gasteiger partial charge in [0.15, 0.2) is 0 Å². The average Bonchev–Trinajstić information content (AvgIpc) is 3.07. The Hall–Kier alpha value is -2.82. The third-order valence-electron chi connectivity index (χ3n) is 5.45. The second kappa shape index (κ2) is 8.05. The summed E-state index contributed by atoms with van der Waals surface area (Å²) in [6.07, 6.45) is 8.85. The highest BCUT2D eigenvalue weighted by Gasteiger charge is 2.18. The van der Waals surface area contributed by atoms with E-state index in [1.54, 1.807) is 0 Å². The molecule has 1 heterocycles. The van der Waals surface area contributed by atoms with Crippen LogP contribution in [0.4, 0.5) is 0 Å². The minimum absolute atomic E-state index is 0.129. The molecule has 0 bridgehead atoms. The number of benzene rings is 2. The number of nitrogens with zero attached hydrogens (tertiary/aromatic N) is 2. The van der Waals surface area contributed by atoms with Gasteiger partial charge in [0, 0.05) is 30.6 Å². The van der Waals surface area contributed by atoms with E-state index in [9.17, 15) is 4.79 Å². The maximum absolute atomic E-state index is 11.0. The van der Waals surface area contributed by atoms with Crippen LogP contribution in [0.1, 0.15) is 44.1 Å². The van der Waals surface area contributed by atoms with Gasteiger partial charge in [0.1, 0.15) is 5.75 Å². The van der Waals surface area contributed by atoms with Crippen molar-refractivity contribution < 1.29 is 14.6 Å². The standard InChI is InChI=1S/C23H26N2O3/c1-25-15-18-14-17(9-10-21(18)24-25)20-13-16(8-12-23(26)27)7-11-22(20)28-19-5-3-2-4-6-19/h7,9-11,13-15,19H,2-6,8,12H2,1H3,(H,26,27). The number of hydrogen-bond donors (Lipinski definition) is 1. The quantitative estimate of drug-likeness (QED) is 0.658. The highest BCUT2D eigenvalue weighted by molar-refractivity contribution is 5.85. The fourth-order valence-electron chi connectivity index (χ4n) is 3.99. The predicted octanol–water partition coefficient (Wildman–Crippen LogP) is 4.97. The monoisotopic (exact) mass is 378 g/mol. The Morgan fingerprint density at radius 3 is 2.79 bits per heavy atom. The molecule has 1 aliphatic carbocycles. The number of carboxylic acids is 1. The first kappa shape index (κ1) is 18.5. The number of fused-ring (bicyclic) bond motifs is 1. The molecule has 5 nitrogen and oxygen atoms in total. The molecule has 1 saturated carbocycles. The molecule has 4 rings (SSSR count). The van der Waals surface area contributed by atoms with Crippen LogP contribution in [-0.2, 0) is 18.3 Å². The molecule has 0 radical (unpaired) electrons. The molecule has 1 fully saturated rings. The molecule has 28 heavy (non-hydrogen) atoms. The molecule has 1 aliphatic rings. The van der Waals surface area contributed by atoms with Crippen LogP contribution in [-0.4, -0.2) is 27.0 Å². The van der Waals surface area contributed by atoms with Crippen LogP contribution in [0.25, 0.3) is 22.0 Å². The smallest absolute Gasteiger partial charge is 0.303 e. The summed E-state index contributed by atoms with van der Waals surface area (Å²) in [4.78, 5) is 11.0. The molecule has 0 atom stereocenters. The van der Waals surface area contributed by atoms with E-state index in [-0.39, 0.29) is 12.5 Å². The van der Waals surface area contributed by atoms with Crippen LogP contribution in [0.2, 0.25) is 0 Å². The van der Waals surface area contributed by atoms with Crippen molar-refractivity contribution in [1.82, 2.24) is 9.78 Å². The fourth-order valence-corrected chi connectivity index (χ4v) is 3.99. The summed E-state index contributed by atoms with van der Waals surface area (Å²) in [5.74, 6) is 0.107. The summed E-state index contributed by atoms with van der Waals surface area (Å²) in [6.45, 7) is 0. The SMILES string of the molecule is Cn1cc2cc(-c3cc(CCC(=O)O)ccc3OC3CCCCC3)ccc2n1. The van der Waals surface area contributed by atoms with Gasteiger partial charge in [-0.25, -0.2) is 0 Å². The van der Waals surface area contributed by atoms with E-state index < -0.39 is 5.97 Å². The maximum Gasteiger partial charge on any atom is 0.303 e. The van der Waals surface area contributed by atoms with Crippen molar-refractivity contribution >= 4 is 16.9 Å². The lowest BCUT2D eigenvalue weighted by Crippen LogP contribution is -2.20. The van der Waals surface area contributed by atoms with E-state index in [0.29, 0.717) is 6.42 Å². The van der Waals surface area contributed by atoms with Gasteiger partial charge in [-0.05, 0) is 67.5 Å². The first-order valence-corrected chi connectivity index (χ1v) is 10.0. The molecule has 0 aliphatic heterocycles. The number of carboxylic acid groups (broad SMARTS) is 1. The number of aryl methyl sites for hydroxylation is 2. The molecule has 5 heteroatoms. The number of ether oxygens (including phenoxy) is 1. The number of carbonyl (C=O) groups is 1. The van der Waals surface area contributed by atoms with Crippen LogP contribution in [0, 0.1) is 0 Å². The van der Waals surface area contributed by atoms with Gasteiger partial charge < -0.3 is 9.84 Å². The lowest BCUT2D eigenvalue weighted by atomic mass is 9.96. The Balaban J connectivity index is 1.70. The van der Waals surface area contributed by atoms with Crippen molar-refractivity contribution in [2.24, 2.45) is 7.05 Å². The number of aromatic nitrogens is 2. The van der Waals surface area contributed by atoms with Crippen molar-refractivity contribution in [3.8, 4) is 16.9 Å². The van der Waals surface area contributed by atoms with Gasteiger partial charge in [0.25, 0.3) is 0 Å². The summed E-state index contributed by atoms with van der Waals surface area (Å²) >= 11 is 0. The molecule has 0 unspecified atom stereocenters. The number of rotatable bonds is 6. The normalized spacial score (nSPS) is 15.0. The van der Waals surface area contributed by atoms with Gasteiger partial charge in [-0.1, -0.05) is 18.6 Å². The van der Waals surface area contributed by atoms with Gasteiger partial charge in [0.2, 0.25) is 0 Å². The van der Waals surface area contributed by atoms with Crippen LogP contribution in [0.15, 0.2) is 42.6 Å². The van der Waals surface area contributed by atoms with Crippen LogP contribution < -0.4 is 4.74 Å². The van der Waals surface area contributed by atoms with Crippen molar-refractivity contribution in [2.75, 3.05) is 0 Å². The van der Waals surface area contributed by atoms with Gasteiger partial charge in [-0.15, -0.1) is 0 Å². The lowest BCUT2D eigenvalue weighted by Gasteiger charge is -2.24. The van der Waals surface area contributed by atoms with Crippen LogP contribution in [0.5, 0.6) is 5.75 Å². The second-order valence-electron chi connectivity index (χ2n) is 7.68. The van der Waals surface area contributed by atoms with Gasteiger partial charge >= 0.3 is 5.97 Å². The van der Waals surface area contributed by atoms with E-state index in [2.05, 4.69) is 23.3 Å². The Bertz CT molecular complexity index is 987. The van der Waals surface area contributed by atoms with E-state index in [1.807, 2.05) is 36.1 Å². The average molecular weight is 378 g/mol. The first-order chi connectivity index (χ1) is 13.6.